The number of likely N-dealkylation sites (tertiary alicyclic amines) is 1. The molecule has 4 aliphatic rings. The summed E-state index contributed by atoms with van der Waals surface area (Å²) in [7, 11) is 0. The quantitative estimate of drug-likeness (QED) is 0.106. The molecule has 2 amide bonds. The third-order valence-electron chi connectivity index (χ3n) is 13.5. The molecule has 1 unspecified atom stereocenters. The number of pyridine rings is 1. The molecule has 13 heteroatoms. The van der Waals surface area contributed by atoms with Crippen molar-refractivity contribution in [1.29, 1.82) is 0 Å². The van der Waals surface area contributed by atoms with E-state index in [0.717, 1.165) is 67.0 Å². The molecular weight excluding hydrogens is 780 g/mol. The van der Waals surface area contributed by atoms with Gasteiger partial charge < -0.3 is 20.4 Å². The summed E-state index contributed by atoms with van der Waals surface area (Å²) in [5, 5.41) is 10.8. The van der Waals surface area contributed by atoms with Crippen LogP contribution >= 0.6 is 23.4 Å². The number of hydrogen-bond acceptors (Lipinski definition) is 10. The molecule has 2 aliphatic heterocycles. The van der Waals surface area contributed by atoms with Gasteiger partial charge in [0.2, 0.25) is 18.3 Å². The molecule has 2 aromatic carbocycles. The Morgan fingerprint density at radius 2 is 1.76 bits per heavy atom. The van der Waals surface area contributed by atoms with E-state index in [2.05, 4.69) is 87.9 Å². The van der Waals surface area contributed by atoms with E-state index in [4.69, 9.17) is 16.6 Å². The van der Waals surface area contributed by atoms with Crippen molar-refractivity contribution in [3.05, 3.63) is 75.2 Å². The van der Waals surface area contributed by atoms with Gasteiger partial charge in [0.1, 0.15) is 10.7 Å². The maximum absolute atomic E-state index is 13.1. The van der Waals surface area contributed by atoms with Crippen LogP contribution in [0.3, 0.4) is 0 Å². The molecule has 1 spiro atoms. The van der Waals surface area contributed by atoms with Gasteiger partial charge in [-0.1, -0.05) is 24.4 Å². The lowest BCUT2D eigenvalue weighted by Crippen LogP contribution is -2.49. The SMILES string of the molecule is Cc1cc(SC2CC3(CCN(CC4CCN(c5ccc(NC(C)CCC(=O)NC=O)cc5C)CC4)CC3)C2)ccc1Nc1ncc2cc(Cl)c(=O)n(C3CCCC3)c2n1. The molecule has 4 aromatic rings. The molecule has 0 radical (unpaired) electrons. The van der Waals surface area contributed by atoms with Crippen LogP contribution in [0.2, 0.25) is 5.02 Å². The van der Waals surface area contributed by atoms with Crippen molar-refractivity contribution >= 4 is 69.7 Å². The van der Waals surface area contributed by atoms with Crippen LogP contribution in [0.5, 0.6) is 0 Å². The summed E-state index contributed by atoms with van der Waals surface area (Å²) in [6, 6.07) is 15.2. The Bertz CT molecular complexity index is 2200. The number of benzene rings is 2. The number of halogens is 1. The first-order valence-electron chi connectivity index (χ1n) is 21.7. The van der Waals surface area contributed by atoms with Crippen molar-refractivity contribution in [2.45, 2.75) is 120 Å². The van der Waals surface area contributed by atoms with Gasteiger partial charge in [-0.2, -0.15) is 4.98 Å². The summed E-state index contributed by atoms with van der Waals surface area (Å²) in [5.74, 6) is 1.01. The zero-order valence-electron chi connectivity index (χ0n) is 34.8. The van der Waals surface area contributed by atoms with Crippen LogP contribution in [-0.2, 0) is 9.59 Å². The number of fused-ring (bicyclic) bond motifs is 1. The predicted octanol–water partition coefficient (Wildman–Crippen LogP) is 9.03. The zero-order chi connectivity index (χ0) is 41.1. The highest BCUT2D eigenvalue weighted by molar-refractivity contribution is 8.00. The maximum Gasteiger partial charge on any atom is 0.271 e. The normalized spacial score (nSPS) is 19.5. The molecule has 4 fully saturated rings. The van der Waals surface area contributed by atoms with E-state index in [1.54, 1.807) is 16.8 Å². The number of nitrogens with zero attached hydrogens (tertiary/aromatic N) is 5. The van der Waals surface area contributed by atoms with Gasteiger partial charge in [0.05, 0.1) is 0 Å². The largest absolute Gasteiger partial charge is 0.383 e. The number of imide groups is 1. The fourth-order valence-electron chi connectivity index (χ4n) is 10.1. The molecule has 59 heavy (non-hydrogen) atoms. The third-order valence-corrected chi connectivity index (χ3v) is 15.0. The zero-order valence-corrected chi connectivity index (χ0v) is 36.3. The van der Waals surface area contributed by atoms with E-state index in [0.29, 0.717) is 41.5 Å². The lowest BCUT2D eigenvalue weighted by molar-refractivity contribution is -0.125. The molecule has 11 nitrogen and oxygen atoms in total. The highest BCUT2D eigenvalue weighted by Gasteiger charge is 2.46. The topological polar surface area (TPSA) is 124 Å². The highest BCUT2D eigenvalue weighted by atomic mass is 35.5. The van der Waals surface area contributed by atoms with Crippen LogP contribution in [0.1, 0.15) is 101 Å². The monoisotopic (exact) mass is 838 g/mol. The van der Waals surface area contributed by atoms with Crippen LogP contribution in [0.4, 0.5) is 23.0 Å². The second-order valence-corrected chi connectivity index (χ2v) is 19.6. The van der Waals surface area contributed by atoms with Crippen LogP contribution in [0.25, 0.3) is 11.0 Å². The Kier molecular flexibility index (Phi) is 12.9. The average Bonchev–Trinajstić information content (AvgIpc) is 3.74. The van der Waals surface area contributed by atoms with E-state index in [1.165, 1.54) is 74.3 Å². The second-order valence-electron chi connectivity index (χ2n) is 17.8. The lowest BCUT2D eigenvalue weighted by atomic mass is 9.63. The van der Waals surface area contributed by atoms with Gasteiger partial charge >= 0.3 is 0 Å². The van der Waals surface area contributed by atoms with Gasteiger partial charge in [-0.15, -0.1) is 11.8 Å². The molecule has 4 heterocycles. The van der Waals surface area contributed by atoms with Crippen molar-refractivity contribution in [2.24, 2.45) is 11.3 Å². The summed E-state index contributed by atoms with van der Waals surface area (Å²) < 4.78 is 1.79. The number of hydrogen-bond donors (Lipinski definition) is 3. The fraction of sp³-hybridized carbons (Fsp3) is 0.543. The maximum atomic E-state index is 13.1. The first-order chi connectivity index (χ1) is 28.5. The van der Waals surface area contributed by atoms with Gasteiger partial charge in [-0.25, -0.2) is 4.98 Å². The first-order valence-corrected chi connectivity index (χ1v) is 23.0. The van der Waals surface area contributed by atoms with E-state index in [1.807, 2.05) is 11.8 Å². The molecule has 314 valence electrons. The molecule has 2 saturated heterocycles. The van der Waals surface area contributed by atoms with Gasteiger partial charge in [-0.3, -0.25) is 24.3 Å². The molecule has 2 aromatic heterocycles. The number of piperidine rings is 2. The number of rotatable bonds is 14. The minimum absolute atomic E-state index is 0.130. The van der Waals surface area contributed by atoms with E-state index < -0.39 is 0 Å². The average molecular weight is 840 g/mol. The number of thioether (sulfide) groups is 1. The van der Waals surface area contributed by atoms with Gasteiger partial charge in [0.15, 0.2) is 0 Å². The van der Waals surface area contributed by atoms with Crippen molar-refractivity contribution in [1.82, 2.24) is 24.8 Å². The number of aryl methyl sites for hydroxylation is 2. The Morgan fingerprint density at radius 1 is 1.00 bits per heavy atom. The van der Waals surface area contributed by atoms with E-state index >= 15 is 0 Å². The van der Waals surface area contributed by atoms with Crippen molar-refractivity contribution < 1.29 is 9.59 Å². The Hall–Kier alpha value is -4.13. The van der Waals surface area contributed by atoms with Crippen LogP contribution in [0, 0.1) is 25.2 Å². The number of aromatic nitrogens is 3. The van der Waals surface area contributed by atoms with Crippen molar-refractivity contribution in [3.63, 3.8) is 0 Å². The minimum Gasteiger partial charge on any atom is -0.383 e. The summed E-state index contributed by atoms with van der Waals surface area (Å²) >= 11 is 8.36. The van der Waals surface area contributed by atoms with Crippen molar-refractivity contribution in [2.75, 3.05) is 48.3 Å². The van der Waals surface area contributed by atoms with Crippen LogP contribution < -0.4 is 26.4 Å². The van der Waals surface area contributed by atoms with E-state index in [-0.39, 0.29) is 28.6 Å². The first kappa shape index (κ1) is 41.6. The Balaban J connectivity index is 0.765. The van der Waals surface area contributed by atoms with Gasteiger partial charge in [0.25, 0.3) is 5.56 Å². The van der Waals surface area contributed by atoms with Crippen LogP contribution in [0.15, 0.2) is 58.4 Å². The number of amides is 2. The predicted molar refractivity (Wildman–Crippen MR) is 240 cm³/mol. The van der Waals surface area contributed by atoms with Crippen molar-refractivity contribution in [3.8, 4) is 0 Å². The standard InChI is InChI=1S/C46H59ClN8O3S/c1-30-23-37(10-11-40(30)51-45-48-27-34-24-39(47)44(58)55(43(34)52-45)36-6-4-5-7-36)59-38-25-46(26-38)16-20-53(21-17-46)28-33-14-18-54(19-15-33)41-12-9-35(22-31(41)2)50-32(3)8-13-42(57)49-29-56/h9-12,22-24,27,29,32-33,36,38,50H,4-8,13-21,25-26,28H2,1-3H3,(H,48,51,52)(H,49,56,57). The third kappa shape index (κ3) is 9.76. The summed E-state index contributed by atoms with van der Waals surface area (Å²) in [4.78, 5) is 51.2. The van der Waals surface area contributed by atoms with Gasteiger partial charge in [0, 0.05) is 76.9 Å². The number of nitrogens with one attached hydrogen (secondary N) is 3. The number of anilines is 4. The molecule has 0 bridgehead atoms. The lowest BCUT2D eigenvalue weighted by Gasteiger charge is -2.52. The molecule has 2 aliphatic carbocycles. The summed E-state index contributed by atoms with van der Waals surface area (Å²) in [6.07, 6.45) is 15.1. The molecule has 2 saturated carbocycles. The summed E-state index contributed by atoms with van der Waals surface area (Å²) in [6.45, 7) is 12.3. The Labute approximate surface area is 357 Å². The summed E-state index contributed by atoms with van der Waals surface area (Å²) in [5.41, 5.74) is 6.79. The fourth-order valence-corrected chi connectivity index (χ4v) is 11.9. The van der Waals surface area contributed by atoms with Gasteiger partial charge in [-0.05, 0) is 157 Å². The molecule has 3 N–H and O–H groups in total. The number of carbonyl (C=O) groups excluding carboxylic acids is 2. The highest BCUT2D eigenvalue weighted by Crippen LogP contribution is 2.55. The van der Waals surface area contributed by atoms with Crippen LogP contribution in [-0.4, -0.2) is 75.8 Å². The molecule has 8 rings (SSSR count). The smallest absolute Gasteiger partial charge is 0.271 e. The second kappa shape index (κ2) is 18.2. The minimum atomic E-state index is -0.240. The van der Waals surface area contributed by atoms with E-state index in [9.17, 15) is 14.4 Å². The molecular formula is C46H59ClN8O3S. The Morgan fingerprint density at radius 3 is 2.47 bits per heavy atom. The number of carbonyl (C=O) groups is 2. The molecule has 1 atom stereocenters.